The van der Waals surface area contributed by atoms with Gasteiger partial charge < -0.3 is 15.8 Å². The van der Waals surface area contributed by atoms with Gasteiger partial charge in [-0.15, -0.1) is 0 Å². The van der Waals surface area contributed by atoms with Crippen molar-refractivity contribution >= 4 is 5.97 Å². The molecule has 3 nitrogen and oxygen atoms in total. The molecule has 4 heteroatoms. The van der Waals surface area contributed by atoms with Crippen LogP contribution < -0.4 is 18.9 Å². The van der Waals surface area contributed by atoms with E-state index in [0.717, 1.165) is 12.8 Å². The minimum absolute atomic E-state index is 0. The third-order valence-corrected chi connectivity index (χ3v) is 1.62. The molecule has 0 atom stereocenters. The summed E-state index contributed by atoms with van der Waals surface area (Å²) in [6.45, 7) is 8.84. The van der Waals surface area contributed by atoms with Crippen molar-refractivity contribution in [2.45, 2.75) is 59.8 Å². The molecule has 0 saturated carbocycles. The van der Waals surface area contributed by atoms with E-state index in [4.69, 9.17) is 9.84 Å². The second-order valence-electron chi connectivity index (χ2n) is 4.36. The predicted octanol–water partition coefficient (Wildman–Crippen LogP) is 0.683. The first kappa shape index (κ1) is 22.2. The van der Waals surface area contributed by atoms with Crippen LogP contribution in [0.25, 0.3) is 0 Å². The number of hydrogen-bond donors (Lipinski definition) is 1. The van der Waals surface area contributed by atoms with Gasteiger partial charge in [0.15, 0.2) is 0 Å². The van der Waals surface area contributed by atoms with Crippen molar-refractivity contribution < 1.29 is 33.5 Å². The molecule has 0 aliphatic heterocycles. The maximum absolute atomic E-state index is 10.0. The van der Waals surface area contributed by atoms with Gasteiger partial charge in [-0.25, -0.2) is 4.79 Å². The fourth-order valence-electron chi connectivity index (χ4n) is 0.967. The summed E-state index contributed by atoms with van der Waals surface area (Å²) in [4.78, 5) is 10.0. The number of carboxylic acids is 1. The largest absolute Gasteiger partial charge is 1.00 e. The second kappa shape index (κ2) is 18.4. The Balaban J connectivity index is -0.000000340. The number of aliphatic carboxylic acids is 1. The molecule has 0 aliphatic carbocycles. The van der Waals surface area contributed by atoms with Gasteiger partial charge in [0, 0.05) is 6.61 Å². The van der Waals surface area contributed by atoms with Gasteiger partial charge in [0.05, 0.1) is 0 Å². The van der Waals surface area contributed by atoms with Crippen molar-refractivity contribution in [2.75, 3.05) is 13.2 Å². The molecule has 0 amide bonds. The molecule has 98 valence electrons. The summed E-state index contributed by atoms with van der Waals surface area (Å²) in [5.41, 5.74) is 0. The van der Waals surface area contributed by atoms with Gasteiger partial charge in [-0.1, -0.05) is 32.6 Å². The first-order valence-electron chi connectivity index (χ1n) is 6.07. The molecule has 0 heterocycles. The fourth-order valence-corrected chi connectivity index (χ4v) is 0.967. The van der Waals surface area contributed by atoms with E-state index in [-0.39, 0.29) is 25.5 Å². The molecule has 17 heavy (non-hydrogen) atoms. The smallest absolute Gasteiger partial charge is 0.480 e. The molecule has 0 saturated heterocycles. The van der Waals surface area contributed by atoms with Crippen LogP contribution >= 0.6 is 0 Å². The molecule has 1 N–H and O–H groups in total. The molecule has 0 rings (SSSR count). The van der Waals surface area contributed by atoms with E-state index < -0.39 is 5.97 Å². The van der Waals surface area contributed by atoms with Crippen LogP contribution in [0.5, 0.6) is 0 Å². The Labute approximate surface area is 118 Å². The summed E-state index contributed by atoms with van der Waals surface area (Å²) >= 11 is 0. The summed E-state index contributed by atoms with van der Waals surface area (Å²) in [7, 11) is 0. The van der Waals surface area contributed by atoms with Crippen LogP contribution in [0.2, 0.25) is 0 Å². The van der Waals surface area contributed by atoms with Gasteiger partial charge in [-0.05, 0) is 6.42 Å². The van der Waals surface area contributed by atoms with Gasteiger partial charge in [0.1, 0.15) is 6.61 Å². The van der Waals surface area contributed by atoms with Crippen LogP contribution in [0.4, 0.5) is 0 Å². The maximum Gasteiger partial charge on any atom is 1.00 e. The Morgan fingerprint density at radius 2 is 1.59 bits per heavy atom. The number of carboxylic acid groups (broad SMARTS) is 1. The van der Waals surface area contributed by atoms with Gasteiger partial charge in [0.25, 0.3) is 0 Å². The minimum atomic E-state index is -0.886. The van der Waals surface area contributed by atoms with Gasteiger partial charge in [0.2, 0.25) is 0 Å². The SMILES string of the molecule is CCCCCCCOCC(=O)O.C[C-](C)C.[Li+]. The molecule has 0 spiro atoms. The van der Waals surface area contributed by atoms with E-state index in [0.29, 0.717) is 6.61 Å². The Bertz CT molecular complexity index is 147. The zero-order chi connectivity index (χ0) is 12.8. The van der Waals surface area contributed by atoms with Crippen LogP contribution in [0.3, 0.4) is 0 Å². The van der Waals surface area contributed by atoms with Crippen LogP contribution in [0.1, 0.15) is 59.8 Å². The predicted molar refractivity (Wildman–Crippen MR) is 67.5 cm³/mol. The second-order valence-corrected chi connectivity index (χ2v) is 4.36. The summed E-state index contributed by atoms with van der Waals surface area (Å²) in [5.74, 6) is 0.531. The van der Waals surface area contributed by atoms with Crippen molar-refractivity contribution in [3.8, 4) is 0 Å². The van der Waals surface area contributed by atoms with Crippen LogP contribution in [0.15, 0.2) is 0 Å². The van der Waals surface area contributed by atoms with Gasteiger partial charge in [-0.3, -0.25) is 0 Å². The van der Waals surface area contributed by atoms with Crippen molar-refractivity contribution in [3.05, 3.63) is 5.92 Å². The van der Waals surface area contributed by atoms with Crippen molar-refractivity contribution in [2.24, 2.45) is 0 Å². The van der Waals surface area contributed by atoms with E-state index in [9.17, 15) is 4.79 Å². The molecule has 0 unspecified atom stereocenters. The van der Waals surface area contributed by atoms with Gasteiger partial charge in [-0.2, -0.15) is 20.8 Å². The zero-order valence-corrected chi connectivity index (χ0v) is 12.2. The molecule has 0 bridgehead atoms. The number of hydrogen-bond acceptors (Lipinski definition) is 2. The van der Waals surface area contributed by atoms with Crippen molar-refractivity contribution in [1.29, 1.82) is 0 Å². The molecular weight excluding hydrogens is 211 g/mol. The van der Waals surface area contributed by atoms with E-state index in [1.54, 1.807) is 0 Å². The standard InChI is InChI=1S/C9H18O3.C4H9.Li/c1-2-3-4-5-6-7-12-8-9(10)11;1-4(2)3;/h2-8H2,1H3,(H,10,11);1-3H3;/q;-1;+1. The molecule has 0 radical (unpaired) electrons. The summed E-state index contributed by atoms with van der Waals surface area (Å²) in [5, 5.41) is 8.23. The first-order chi connectivity index (χ1) is 7.50. The zero-order valence-electron chi connectivity index (χ0n) is 12.2. The van der Waals surface area contributed by atoms with E-state index in [2.05, 4.69) is 27.7 Å². The average molecular weight is 238 g/mol. The van der Waals surface area contributed by atoms with Crippen molar-refractivity contribution in [1.82, 2.24) is 0 Å². The summed E-state index contributed by atoms with van der Waals surface area (Å²) < 4.78 is 4.88. The average Bonchev–Trinajstić information content (AvgIpc) is 2.15. The third kappa shape index (κ3) is 38.7. The van der Waals surface area contributed by atoms with E-state index in [1.165, 1.54) is 25.2 Å². The summed E-state index contributed by atoms with van der Waals surface area (Å²) in [6.07, 6.45) is 5.85. The number of unbranched alkanes of at least 4 members (excludes halogenated alkanes) is 4. The van der Waals surface area contributed by atoms with Gasteiger partial charge >= 0.3 is 24.8 Å². The van der Waals surface area contributed by atoms with Crippen LogP contribution in [-0.4, -0.2) is 24.3 Å². The number of ether oxygens (including phenoxy) is 1. The third-order valence-electron chi connectivity index (χ3n) is 1.62. The van der Waals surface area contributed by atoms with Crippen LogP contribution in [-0.2, 0) is 9.53 Å². The maximum atomic E-state index is 10.0. The molecule has 0 fully saturated rings. The number of rotatable bonds is 8. The Morgan fingerprint density at radius 1 is 1.12 bits per heavy atom. The topological polar surface area (TPSA) is 46.5 Å². The number of carbonyl (C=O) groups is 1. The van der Waals surface area contributed by atoms with Crippen LogP contribution in [0, 0.1) is 5.92 Å². The molecular formula is C13H27LiO3. The minimum Gasteiger partial charge on any atom is -0.480 e. The Hall–Kier alpha value is 0.0274. The Morgan fingerprint density at radius 3 is 2.00 bits per heavy atom. The molecule has 0 aromatic heterocycles. The fraction of sp³-hybridized carbons (Fsp3) is 0.846. The Kier molecular flexibility index (Phi) is 24.1. The van der Waals surface area contributed by atoms with Crippen molar-refractivity contribution in [3.63, 3.8) is 0 Å². The normalized spacial score (nSPS) is 9.24. The molecule has 0 aromatic carbocycles. The molecule has 0 aliphatic rings. The quantitative estimate of drug-likeness (QED) is 0.384. The summed E-state index contributed by atoms with van der Waals surface area (Å²) in [6, 6.07) is 0. The monoisotopic (exact) mass is 238 g/mol. The van der Waals surface area contributed by atoms with E-state index >= 15 is 0 Å². The first-order valence-corrected chi connectivity index (χ1v) is 6.07. The van der Waals surface area contributed by atoms with E-state index in [1.807, 2.05) is 0 Å². The molecule has 0 aromatic rings.